The second-order valence-electron chi connectivity index (χ2n) is 6.45. The molecular formula is C21H23N3O3. The van der Waals surface area contributed by atoms with Crippen LogP contribution >= 0.6 is 0 Å². The van der Waals surface area contributed by atoms with E-state index >= 15 is 0 Å². The van der Waals surface area contributed by atoms with Gasteiger partial charge in [0.2, 0.25) is 0 Å². The van der Waals surface area contributed by atoms with Crippen LogP contribution in [-0.2, 0) is 0 Å². The third-order valence-electron chi connectivity index (χ3n) is 4.37. The van der Waals surface area contributed by atoms with Gasteiger partial charge in [-0.1, -0.05) is 17.7 Å². The Bertz CT molecular complexity index is 1020. The fraction of sp³-hybridized carbons (Fsp3) is 0.238. The van der Waals surface area contributed by atoms with Crippen molar-refractivity contribution in [3.63, 3.8) is 0 Å². The van der Waals surface area contributed by atoms with E-state index in [1.807, 2.05) is 26.0 Å². The lowest BCUT2D eigenvalue weighted by atomic mass is 10.1. The average molecular weight is 365 g/mol. The minimum Gasteiger partial charge on any atom is -0.493 e. The van der Waals surface area contributed by atoms with Crippen molar-refractivity contribution in [1.82, 2.24) is 9.97 Å². The highest BCUT2D eigenvalue weighted by Crippen LogP contribution is 2.32. The van der Waals surface area contributed by atoms with Crippen LogP contribution in [0.5, 0.6) is 11.5 Å². The van der Waals surface area contributed by atoms with Gasteiger partial charge in [-0.2, -0.15) is 4.98 Å². The summed E-state index contributed by atoms with van der Waals surface area (Å²) in [4.78, 5) is 18.9. The number of ether oxygens (including phenoxy) is 2. The van der Waals surface area contributed by atoms with Gasteiger partial charge in [0.05, 0.1) is 19.9 Å². The summed E-state index contributed by atoms with van der Waals surface area (Å²) in [6, 6.07) is 11.5. The lowest BCUT2D eigenvalue weighted by Crippen LogP contribution is -2.13. The number of rotatable bonds is 5. The first kappa shape index (κ1) is 18.5. The van der Waals surface area contributed by atoms with Gasteiger partial charge in [0.25, 0.3) is 0 Å². The lowest BCUT2D eigenvalue weighted by Gasteiger charge is -2.14. The van der Waals surface area contributed by atoms with Crippen LogP contribution < -0.4 is 20.5 Å². The molecule has 0 spiro atoms. The predicted octanol–water partition coefficient (Wildman–Crippen LogP) is 4.12. The first-order chi connectivity index (χ1) is 12.9. The van der Waals surface area contributed by atoms with Crippen molar-refractivity contribution < 1.29 is 9.47 Å². The Morgan fingerprint density at radius 2 is 1.59 bits per heavy atom. The third-order valence-corrected chi connectivity index (χ3v) is 4.37. The van der Waals surface area contributed by atoms with Crippen LogP contribution in [0.15, 0.2) is 41.2 Å². The summed E-state index contributed by atoms with van der Waals surface area (Å²) in [6.45, 7) is 6.12. The molecule has 0 aliphatic heterocycles. The molecule has 3 aromatic rings. The van der Waals surface area contributed by atoms with E-state index in [0.29, 0.717) is 23.0 Å². The summed E-state index contributed by atoms with van der Waals surface area (Å²) >= 11 is 0. The van der Waals surface area contributed by atoms with Crippen LogP contribution in [0.3, 0.4) is 0 Å². The van der Waals surface area contributed by atoms with Gasteiger partial charge in [-0.15, -0.1) is 0 Å². The van der Waals surface area contributed by atoms with Gasteiger partial charge < -0.3 is 19.8 Å². The maximum atomic E-state index is 12.1. The number of aromatic amines is 1. The molecular weight excluding hydrogens is 342 g/mol. The number of hydrogen-bond donors (Lipinski definition) is 2. The number of aryl methyl sites for hydroxylation is 3. The number of methoxy groups -OCH3 is 2. The second-order valence-corrected chi connectivity index (χ2v) is 6.45. The summed E-state index contributed by atoms with van der Waals surface area (Å²) in [6.07, 6.45) is 0. The molecule has 2 aromatic carbocycles. The summed E-state index contributed by atoms with van der Waals surface area (Å²) in [5, 5.41) is 3.28. The molecule has 3 rings (SSSR count). The fourth-order valence-electron chi connectivity index (χ4n) is 3.19. The number of nitrogens with one attached hydrogen (secondary N) is 2. The Labute approximate surface area is 158 Å². The summed E-state index contributed by atoms with van der Waals surface area (Å²) in [5.41, 5.74) is 5.36. The highest BCUT2D eigenvalue weighted by atomic mass is 16.5. The van der Waals surface area contributed by atoms with Crippen LogP contribution in [0.2, 0.25) is 0 Å². The Balaban J connectivity index is 2.02. The lowest BCUT2D eigenvalue weighted by molar-refractivity contribution is 0.355. The molecule has 0 radical (unpaired) electrons. The SMILES string of the molecule is COc1ccc(-c2cc(Nc3c(C)cc(C)cc3C)nc(=O)[nH]2)cc1OC. The van der Waals surface area contributed by atoms with Gasteiger partial charge in [-0.25, -0.2) is 4.79 Å². The van der Waals surface area contributed by atoms with Crippen LogP contribution in [0, 0.1) is 20.8 Å². The smallest absolute Gasteiger partial charge is 0.347 e. The molecule has 0 aliphatic carbocycles. The summed E-state index contributed by atoms with van der Waals surface area (Å²) < 4.78 is 10.6. The predicted molar refractivity (Wildman–Crippen MR) is 107 cm³/mol. The minimum atomic E-state index is -0.424. The van der Waals surface area contributed by atoms with Gasteiger partial charge in [-0.05, 0) is 50.1 Å². The fourth-order valence-corrected chi connectivity index (χ4v) is 3.19. The average Bonchev–Trinajstić information content (AvgIpc) is 2.63. The Morgan fingerprint density at radius 3 is 2.22 bits per heavy atom. The highest BCUT2D eigenvalue weighted by molar-refractivity contribution is 5.70. The zero-order chi connectivity index (χ0) is 19.6. The van der Waals surface area contributed by atoms with Crippen LogP contribution in [0.25, 0.3) is 11.3 Å². The molecule has 6 heteroatoms. The number of nitrogens with zero attached hydrogens (tertiary/aromatic N) is 1. The first-order valence-electron chi connectivity index (χ1n) is 8.60. The maximum Gasteiger partial charge on any atom is 0.347 e. The van der Waals surface area contributed by atoms with E-state index in [1.165, 1.54) is 5.56 Å². The number of benzene rings is 2. The van der Waals surface area contributed by atoms with Crippen molar-refractivity contribution >= 4 is 11.5 Å². The molecule has 1 heterocycles. The number of aromatic nitrogens is 2. The molecule has 0 fully saturated rings. The van der Waals surface area contributed by atoms with Crippen molar-refractivity contribution in [2.24, 2.45) is 0 Å². The monoisotopic (exact) mass is 365 g/mol. The molecule has 2 N–H and O–H groups in total. The number of hydrogen-bond acceptors (Lipinski definition) is 5. The van der Waals surface area contributed by atoms with E-state index in [4.69, 9.17) is 9.47 Å². The van der Waals surface area contributed by atoms with E-state index in [-0.39, 0.29) is 0 Å². The molecule has 0 aliphatic rings. The molecule has 6 nitrogen and oxygen atoms in total. The summed E-state index contributed by atoms with van der Waals surface area (Å²) in [7, 11) is 3.16. The van der Waals surface area contributed by atoms with Crippen LogP contribution in [0.4, 0.5) is 11.5 Å². The van der Waals surface area contributed by atoms with E-state index < -0.39 is 5.69 Å². The zero-order valence-corrected chi connectivity index (χ0v) is 16.1. The quantitative estimate of drug-likeness (QED) is 0.711. The normalized spacial score (nSPS) is 10.6. The molecule has 1 aromatic heterocycles. The van der Waals surface area contributed by atoms with Gasteiger partial charge in [-0.3, -0.25) is 0 Å². The number of anilines is 2. The van der Waals surface area contributed by atoms with Crippen molar-refractivity contribution in [2.45, 2.75) is 20.8 Å². The van der Waals surface area contributed by atoms with Crippen molar-refractivity contribution in [3.05, 3.63) is 63.6 Å². The Kier molecular flexibility index (Phi) is 5.16. The van der Waals surface area contributed by atoms with Crippen molar-refractivity contribution in [2.75, 3.05) is 19.5 Å². The first-order valence-corrected chi connectivity index (χ1v) is 8.60. The Morgan fingerprint density at radius 1 is 0.926 bits per heavy atom. The highest BCUT2D eigenvalue weighted by Gasteiger charge is 2.10. The molecule has 0 saturated carbocycles. The summed E-state index contributed by atoms with van der Waals surface area (Å²) in [5.74, 6) is 1.70. The third kappa shape index (κ3) is 3.95. The molecule has 0 saturated heterocycles. The van der Waals surface area contributed by atoms with E-state index in [2.05, 4.69) is 34.3 Å². The van der Waals surface area contributed by atoms with Gasteiger partial charge in [0, 0.05) is 17.3 Å². The molecule has 27 heavy (non-hydrogen) atoms. The van der Waals surface area contributed by atoms with Crippen molar-refractivity contribution in [1.29, 1.82) is 0 Å². The molecule has 0 atom stereocenters. The van der Waals surface area contributed by atoms with Gasteiger partial charge >= 0.3 is 5.69 Å². The molecule has 0 amide bonds. The molecule has 0 bridgehead atoms. The van der Waals surface area contributed by atoms with Gasteiger partial charge in [0.15, 0.2) is 11.5 Å². The van der Waals surface area contributed by atoms with Crippen LogP contribution in [-0.4, -0.2) is 24.2 Å². The topological polar surface area (TPSA) is 76.2 Å². The van der Waals surface area contributed by atoms with Gasteiger partial charge in [0.1, 0.15) is 5.82 Å². The number of H-pyrrole nitrogens is 1. The molecule has 0 unspecified atom stereocenters. The Hall–Kier alpha value is -3.28. The molecule has 140 valence electrons. The van der Waals surface area contributed by atoms with E-state index in [9.17, 15) is 4.79 Å². The minimum absolute atomic E-state index is 0.424. The maximum absolute atomic E-state index is 12.1. The standard InChI is InChI=1S/C21H23N3O3/c1-12-8-13(2)20(14(3)9-12)23-19-11-16(22-21(25)24-19)15-6-7-17(26-4)18(10-15)27-5/h6-11H,1-5H3,(H2,22,23,24,25). The van der Waals surface area contributed by atoms with Crippen LogP contribution in [0.1, 0.15) is 16.7 Å². The zero-order valence-electron chi connectivity index (χ0n) is 16.1. The largest absolute Gasteiger partial charge is 0.493 e. The van der Waals surface area contributed by atoms with E-state index in [0.717, 1.165) is 22.4 Å². The second kappa shape index (κ2) is 7.53. The van der Waals surface area contributed by atoms with E-state index in [1.54, 1.807) is 26.4 Å². The van der Waals surface area contributed by atoms with Crippen molar-refractivity contribution in [3.8, 4) is 22.8 Å².